The third-order valence-electron chi connectivity index (χ3n) is 11.4. The Morgan fingerprint density at radius 1 is 0.453 bits per heavy atom. The van der Waals surface area contributed by atoms with E-state index < -0.39 is 40.8 Å². The topological polar surface area (TPSA) is 9.23 Å². The van der Waals surface area contributed by atoms with Crippen LogP contribution in [0, 0.1) is 50.4 Å². The molecule has 53 heavy (non-hydrogen) atoms. The molecule has 1 nitrogen and oxygen atoms in total. The minimum absolute atomic E-state index is 0. The molecule has 315 valence electrons. The van der Waals surface area contributed by atoms with Crippen LogP contribution in [0.25, 0.3) is 0 Å². The second kappa shape index (κ2) is 28.3. The van der Waals surface area contributed by atoms with Crippen LogP contribution in [0.5, 0.6) is 0 Å². The Kier molecular flexibility index (Phi) is 29.8. The van der Waals surface area contributed by atoms with Gasteiger partial charge in [-0.1, -0.05) is 153 Å². The van der Waals surface area contributed by atoms with Gasteiger partial charge in [0.25, 0.3) is 0 Å². The van der Waals surface area contributed by atoms with Gasteiger partial charge in [-0.3, -0.25) is 0 Å². The molecule has 0 spiro atoms. The van der Waals surface area contributed by atoms with E-state index in [0.29, 0.717) is 0 Å². The maximum absolute atomic E-state index is 11.8. The van der Waals surface area contributed by atoms with Crippen molar-refractivity contribution in [2.75, 3.05) is 12.3 Å². The molecule has 4 fully saturated rings. The molecule has 2 bridgehead atoms. The Labute approximate surface area is 342 Å². The van der Waals surface area contributed by atoms with Gasteiger partial charge in [0.05, 0.1) is 0 Å². The van der Waals surface area contributed by atoms with Crippen molar-refractivity contribution in [3.63, 3.8) is 0 Å². The molecule has 0 heterocycles. The van der Waals surface area contributed by atoms with Gasteiger partial charge in [0.15, 0.2) is 0 Å². The zero-order valence-electron chi connectivity index (χ0n) is 32.3. The number of halogens is 9. The largest absolute Gasteiger partial charge is 2.00 e. The van der Waals surface area contributed by atoms with E-state index in [1.165, 1.54) is 95.8 Å². The maximum atomic E-state index is 11.8. The number of hydrogen-bond donors (Lipinski definition) is 0. The van der Waals surface area contributed by atoms with Crippen LogP contribution in [0.15, 0.2) is 24.3 Å². The molecular weight excluding hydrogens is 847 g/mol. The number of alkyl halides is 9. The Bertz CT molecular complexity index is 824. The minimum atomic E-state index is -6.61. The van der Waals surface area contributed by atoms with Crippen molar-refractivity contribution in [1.82, 2.24) is 0 Å². The second-order valence-electron chi connectivity index (χ2n) is 14.9. The molecule has 2 atom stereocenters. The van der Waals surface area contributed by atoms with E-state index in [4.69, 9.17) is 0 Å². The summed E-state index contributed by atoms with van der Waals surface area (Å²) in [5.41, 5.74) is -6.08. The zero-order valence-corrected chi connectivity index (χ0v) is 38.3. The smallest absolute Gasteiger partial charge is 0.482 e. The maximum Gasteiger partial charge on any atom is 2.00 e. The average Bonchev–Trinajstić information content (AvgIpc) is 3.76. The first-order valence-electron chi connectivity index (χ1n) is 19.1. The molecule has 0 aromatic rings. The van der Waals surface area contributed by atoms with Crippen molar-refractivity contribution < 1.29 is 62.8 Å². The molecule has 4 saturated carbocycles. The van der Waals surface area contributed by atoms with Crippen LogP contribution in [0.4, 0.5) is 39.5 Å². The molecule has 2 unspecified atom stereocenters. The van der Waals surface area contributed by atoms with Crippen molar-refractivity contribution >= 4 is 35.1 Å². The molecule has 0 amide bonds. The summed E-state index contributed by atoms with van der Waals surface area (Å²) >= 11 is -1.37. The fourth-order valence-corrected chi connectivity index (χ4v) is 9.27. The first-order valence-corrected chi connectivity index (χ1v) is 21.6. The predicted molar refractivity (Wildman–Crippen MR) is 209 cm³/mol. The minimum Gasteiger partial charge on any atom is -0.482 e. The van der Waals surface area contributed by atoms with Gasteiger partial charge in [0, 0.05) is 0 Å². The van der Waals surface area contributed by atoms with Crippen LogP contribution < -0.4 is 0 Å². The summed E-state index contributed by atoms with van der Waals surface area (Å²) in [7, 11) is 5.27. The van der Waals surface area contributed by atoms with Crippen molar-refractivity contribution in [3.8, 4) is 0 Å². The van der Waals surface area contributed by atoms with E-state index in [1.54, 1.807) is 51.4 Å². The van der Waals surface area contributed by atoms with E-state index in [-0.39, 0.29) is 34.3 Å². The van der Waals surface area contributed by atoms with Crippen LogP contribution in [0.1, 0.15) is 135 Å². The van der Waals surface area contributed by atoms with Gasteiger partial charge in [0.1, 0.15) is 0 Å². The Balaban J connectivity index is 0. The summed E-state index contributed by atoms with van der Waals surface area (Å²) in [6.45, 7) is 0. The molecule has 1 radical (unpaired) electrons. The van der Waals surface area contributed by atoms with Gasteiger partial charge in [0.2, 0.25) is 0 Å². The standard InChI is InChI=1S/2C12H22.C7H8.C4F9O.C2H8P2.2CH3.Al.Rh.2H/c2*1-3-7-11(8-4-1)12-9-5-2-6-10-12;1-2-7-4-3-6(1)5-7;5-2(6,7)1(14,3(8,9)10)4(11,12)13;3-1-2-4;;;;;;/h2*11-12H,1-10H2;1-4,6-7H,5H2;;1-4H2;2*1H3;;;;/q;;;-1;;2*-1;+1;+2;;. The quantitative estimate of drug-likeness (QED) is 0.0898. The molecule has 6 aliphatic rings. The molecule has 0 aromatic carbocycles. The molecule has 6 rings (SSSR count). The first-order chi connectivity index (χ1) is 23.6. The van der Waals surface area contributed by atoms with Crippen LogP contribution in [-0.4, -0.2) is 53.1 Å². The Hall–Kier alpha value is 0.826. The van der Waals surface area contributed by atoms with Crippen molar-refractivity contribution in [2.24, 2.45) is 35.5 Å². The Morgan fingerprint density at radius 3 is 0.755 bits per heavy atom. The van der Waals surface area contributed by atoms with Crippen LogP contribution in [-0.2, 0) is 23.3 Å². The molecule has 0 N–H and O–H groups in total. The van der Waals surface area contributed by atoms with Crippen LogP contribution in [0.2, 0.25) is 0 Å². The number of allylic oxidation sites excluding steroid dienone is 4. The predicted octanol–water partition coefficient (Wildman–Crippen LogP) is 13.7. The monoisotopic (exact) mass is 915 g/mol. The summed E-state index contributed by atoms with van der Waals surface area (Å²) in [5.74, 6) is 6.17. The van der Waals surface area contributed by atoms with Gasteiger partial charge >= 0.3 is 60.2 Å². The van der Waals surface area contributed by atoms with Crippen molar-refractivity contribution in [2.45, 2.75) is 159 Å². The van der Waals surface area contributed by atoms with Gasteiger partial charge in [-0.05, 0) is 54.3 Å². The van der Waals surface area contributed by atoms with Crippen molar-refractivity contribution in [3.05, 3.63) is 39.2 Å². The number of fused-ring (bicyclic) bond motifs is 2. The zero-order chi connectivity index (χ0) is 37.3. The van der Waals surface area contributed by atoms with E-state index in [9.17, 15) is 39.5 Å². The Morgan fingerprint density at radius 2 is 0.660 bits per heavy atom. The molecule has 0 saturated heterocycles. The van der Waals surface area contributed by atoms with E-state index in [2.05, 4.69) is 46.6 Å². The summed E-state index contributed by atoms with van der Waals surface area (Å²) in [4.78, 5) is 0. The molecule has 0 aromatic heterocycles. The van der Waals surface area contributed by atoms with Gasteiger partial charge in [-0.15, -0.1) is 18.5 Å². The van der Waals surface area contributed by atoms with E-state index in [1.807, 2.05) is 0 Å². The average molecular weight is 916 g/mol. The molecule has 14 heteroatoms. The second-order valence-corrected chi connectivity index (χ2v) is 16.4. The molecular formula is C39H68AlF9OP2Rh. The number of rotatable bonds is 4. The summed E-state index contributed by atoms with van der Waals surface area (Å²) in [5, 5.41) is 0. The third kappa shape index (κ3) is 18.5. The first kappa shape index (κ1) is 55.9. The summed E-state index contributed by atoms with van der Waals surface area (Å²) in [6, 6.07) is 0. The fraction of sp³-hybridized carbons (Fsp3) is 0.846. The normalized spacial score (nSPS) is 23.8. The van der Waals surface area contributed by atoms with Gasteiger partial charge in [-0.2, -0.15) is 39.5 Å². The summed E-state index contributed by atoms with van der Waals surface area (Å²) in [6.07, 6.45) is 23.9. The van der Waals surface area contributed by atoms with E-state index >= 15 is 0 Å². The third-order valence-corrected chi connectivity index (χ3v) is 13.3. The van der Waals surface area contributed by atoms with Crippen LogP contribution >= 0.6 is 18.5 Å². The van der Waals surface area contributed by atoms with E-state index in [0.717, 1.165) is 35.5 Å². The fourth-order valence-electron chi connectivity index (χ4n) is 8.58. The molecule has 6 aliphatic carbocycles. The SMILES string of the molecule is C1=CC2C=CC1C2.C1CCC(C2CCCCC2)CC1.C1CCC(C2CCCCC2)CC1.FC(F)(F)C([O][AlH2])(C(F)(F)F)C(F)(F)F.PCCP.[CH3-].[CH3-].[Rh+2]. The van der Waals surface area contributed by atoms with Crippen LogP contribution in [0.3, 0.4) is 0 Å². The number of hydrogen-bond acceptors (Lipinski definition) is 1. The summed E-state index contributed by atoms with van der Waals surface area (Å²) < 4.78 is 109. The van der Waals surface area contributed by atoms with Gasteiger partial charge < -0.3 is 18.6 Å². The van der Waals surface area contributed by atoms with Gasteiger partial charge in [-0.25, -0.2) is 0 Å². The molecule has 0 aliphatic heterocycles. The van der Waals surface area contributed by atoms with Crippen molar-refractivity contribution in [1.29, 1.82) is 0 Å².